The maximum Gasteiger partial charge on any atom is 0.255 e. The highest BCUT2D eigenvalue weighted by atomic mass is 35.5. The van der Waals surface area contributed by atoms with Crippen molar-refractivity contribution in [1.82, 2.24) is 4.90 Å². The van der Waals surface area contributed by atoms with Crippen molar-refractivity contribution in [2.75, 3.05) is 13.1 Å². The van der Waals surface area contributed by atoms with Crippen molar-refractivity contribution in [3.8, 4) is 0 Å². The predicted octanol–water partition coefficient (Wildman–Crippen LogP) is 2.54. The van der Waals surface area contributed by atoms with E-state index in [2.05, 4.69) is 6.92 Å². The Balaban J connectivity index is 2.13. The largest absolute Gasteiger partial charge is 0.338 e. The van der Waals surface area contributed by atoms with Crippen LogP contribution in [0, 0.1) is 5.92 Å². The molecule has 1 fully saturated rings. The van der Waals surface area contributed by atoms with E-state index >= 15 is 0 Å². The number of halogens is 1. The summed E-state index contributed by atoms with van der Waals surface area (Å²) in [6.45, 7) is 3.58. The first-order valence-electron chi connectivity index (χ1n) is 6.43. The summed E-state index contributed by atoms with van der Waals surface area (Å²) in [6.07, 6.45) is 1.88. The Morgan fingerprint density at radius 3 is 2.89 bits per heavy atom. The van der Waals surface area contributed by atoms with Crippen LogP contribution in [0.25, 0.3) is 0 Å². The Kier molecular flexibility index (Phi) is 4.25. The van der Waals surface area contributed by atoms with Gasteiger partial charge in [-0.05, 0) is 24.5 Å². The molecular weight excluding hydrogens is 248 g/mol. The molecule has 1 aromatic rings. The van der Waals surface area contributed by atoms with Crippen LogP contribution >= 0.6 is 11.6 Å². The zero-order valence-corrected chi connectivity index (χ0v) is 11.4. The van der Waals surface area contributed by atoms with E-state index in [0.717, 1.165) is 25.9 Å². The Hall–Kier alpha value is -1.06. The smallest absolute Gasteiger partial charge is 0.255 e. The summed E-state index contributed by atoms with van der Waals surface area (Å²) in [6, 6.07) is 7.42. The molecule has 18 heavy (non-hydrogen) atoms. The van der Waals surface area contributed by atoms with Gasteiger partial charge in [-0.25, -0.2) is 0 Å². The minimum atomic E-state index is 0.0194. The molecule has 1 aliphatic rings. The van der Waals surface area contributed by atoms with Crippen LogP contribution in [0.2, 0.25) is 5.02 Å². The molecule has 0 bridgehead atoms. The first-order chi connectivity index (χ1) is 8.63. The van der Waals surface area contributed by atoms with Gasteiger partial charge in [-0.2, -0.15) is 0 Å². The molecule has 1 amide bonds. The minimum Gasteiger partial charge on any atom is -0.338 e. The van der Waals surface area contributed by atoms with Gasteiger partial charge in [-0.15, -0.1) is 0 Å². The zero-order chi connectivity index (χ0) is 13.1. The van der Waals surface area contributed by atoms with Crippen molar-refractivity contribution >= 4 is 17.5 Å². The third-order valence-electron chi connectivity index (χ3n) is 3.71. The Labute approximate surface area is 113 Å². The Morgan fingerprint density at radius 1 is 1.50 bits per heavy atom. The molecule has 4 heteroatoms. The number of nitrogens with two attached hydrogens (primary N) is 1. The molecule has 0 aliphatic carbocycles. The number of nitrogens with zero attached hydrogens (tertiary/aromatic N) is 1. The standard InChI is InChI=1S/C14H19ClN2O/c1-2-10-9-17(8-7-13(10)16)14(18)11-5-3-4-6-12(11)15/h3-6,10,13H,2,7-9,16H2,1H3. The lowest BCUT2D eigenvalue weighted by Crippen LogP contribution is -2.49. The van der Waals surface area contributed by atoms with Gasteiger partial charge in [0.25, 0.3) is 5.91 Å². The van der Waals surface area contributed by atoms with Crippen LogP contribution in [-0.2, 0) is 0 Å². The van der Waals surface area contributed by atoms with Crippen LogP contribution in [0.4, 0.5) is 0 Å². The third-order valence-corrected chi connectivity index (χ3v) is 4.04. The van der Waals surface area contributed by atoms with E-state index < -0.39 is 0 Å². The molecule has 0 saturated carbocycles. The SMILES string of the molecule is CCC1CN(C(=O)c2ccccc2Cl)CCC1N. The molecule has 2 N–H and O–H groups in total. The second-order valence-electron chi connectivity index (χ2n) is 4.85. The van der Waals surface area contributed by atoms with Gasteiger partial charge >= 0.3 is 0 Å². The second kappa shape index (κ2) is 5.72. The van der Waals surface area contributed by atoms with Crippen molar-refractivity contribution in [1.29, 1.82) is 0 Å². The number of hydrogen-bond donors (Lipinski definition) is 1. The van der Waals surface area contributed by atoms with E-state index in [4.69, 9.17) is 17.3 Å². The van der Waals surface area contributed by atoms with Gasteiger partial charge in [0.2, 0.25) is 0 Å². The number of hydrogen-bond acceptors (Lipinski definition) is 2. The summed E-state index contributed by atoms with van der Waals surface area (Å²) in [5.74, 6) is 0.413. The van der Waals surface area contributed by atoms with Gasteiger partial charge in [0.1, 0.15) is 0 Å². The lowest BCUT2D eigenvalue weighted by atomic mass is 9.90. The van der Waals surface area contributed by atoms with Crippen LogP contribution in [-0.4, -0.2) is 29.9 Å². The number of piperidine rings is 1. The molecule has 1 heterocycles. The summed E-state index contributed by atoms with van der Waals surface area (Å²) in [5.41, 5.74) is 6.64. The Morgan fingerprint density at radius 2 is 2.22 bits per heavy atom. The monoisotopic (exact) mass is 266 g/mol. The fourth-order valence-corrected chi connectivity index (χ4v) is 2.69. The van der Waals surface area contributed by atoms with Gasteiger partial charge in [0.15, 0.2) is 0 Å². The van der Waals surface area contributed by atoms with Crippen molar-refractivity contribution in [3.63, 3.8) is 0 Å². The molecule has 0 aromatic heterocycles. The highest BCUT2D eigenvalue weighted by molar-refractivity contribution is 6.33. The fraction of sp³-hybridized carbons (Fsp3) is 0.500. The van der Waals surface area contributed by atoms with E-state index in [1.165, 1.54) is 0 Å². The van der Waals surface area contributed by atoms with E-state index in [1.807, 2.05) is 17.0 Å². The second-order valence-corrected chi connectivity index (χ2v) is 5.26. The lowest BCUT2D eigenvalue weighted by molar-refractivity contribution is 0.0649. The van der Waals surface area contributed by atoms with Crippen LogP contribution in [0.15, 0.2) is 24.3 Å². The first-order valence-corrected chi connectivity index (χ1v) is 6.80. The normalized spacial score (nSPS) is 24.1. The average Bonchev–Trinajstić information content (AvgIpc) is 2.39. The zero-order valence-electron chi connectivity index (χ0n) is 10.6. The van der Waals surface area contributed by atoms with Crippen molar-refractivity contribution in [2.45, 2.75) is 25.8 Å². The van der Waals surface area contributed by atoms with Crippen molar-refractivity contribution < 1.29 is 4.79 Å². The number of carbonyl (C=O) groups excluding carboxylic acids is 1. The van der Waals surface area contributed by atoms with Gasteiger partial charge in [-0.3, -0.25) is 4.79 Å². The summed E-state index contributed by atoms with van der Waals surface area (Å²) in [4.78, 5) is 14.3. The van der Waals surface area contributed by atoms with E-state index in [9.17, 15) is 4.79 Å². The van der Waals surface area contributed by atoms with E-state index in [0.29, 0.717) is 16.5 Å². The highest BCUT2D eigenvalue weighted by Gasteiger charge is 2.29. The molecular formula is C14H19ClN2O. The summed E-state index contributed by atoms with van der Waals surface area (Å²) < 4.78 is 0. The van der Waals surface area contributed by atoms with Crippen molar-refractivity contribution in [3.05, 3.63) is 34.9 Å². The topological polar surface area (TPSA) is 46.3 Å². The van der Waals surface area contributed by atoms with Gasteiger partial charge in [0, 0.05) is 19.1 Å². The molecule has 1 aliphatic heterocycles. The number of carbonyl (C=O) groups is 1. The van der Waals surface area contributed by atoms with Crippen LogP contribution in [0.1, 0.15) is 30.1 Å². The Bertz CT molecular complexity index is 436. The molecule has 1 saturated heterocycles. The molecule has 2 unspecified atom stereocenters. The minimum absolute atomic E-state index is 0.0194. The molecule has 1 aromatic carbocycles. The first kappa shape index (κ1) is 13.4. The fourth-order valence-electron chi connectivity index (χ4n) is 2.47. The highest BCUT2D eigenvalue weighted by Crippen LogP contribution is 2.23. The van der Waals surface area contributed by atoms with Crippen LogP contribution < -0.4 is 5.73 Å². The lowest BCUT2D eigenvalue weighted by Gasteiger charge is -2.36. The average molecular weight is 267 g/mol. The maximum atomic E-state index is 12.4. The van der Waals surface area contributed by atoms with Crippen LogP contribution in [0.5, 0.6) is 0 Å². The van der Waals surface area contributed by atoms with Crippen molar-refractivity contribution in [2.24, 2.45) is 11.7 Å². The molecule has 0 radical (unpaired) electrons. The molecule has 0 spiro atoms. The summed E-state index contributed by atoms with van der Waals surface area (Å²) in [7, 11) is 0. The van der Waals surface area contributed by atoms with E-state index in [1.54, 1.807) is 12.1 Å². The molecule has 3 nitrogen and oxygen atoms in total. The van der Waals surface area contributed by atoms with Crippen LogP contribution in [0.3, 0.4) is 0 Å². The molecule has 2 atom stereocenters. The van der Waals surface area contributed by atoms with Gasteiger partial charge < -0.3 is 10.6 Å². The maximum absolute atomic E-state index is 12.4. The quantitative estimate of drug-likeness (QED) is 0.894. The molecule has 2 rings (SSSR count). The number of benzene rings is 1. The number of likely N-dealkylation sites (tertiary alicyclic amines) is 1. The van der Waals surface area contributed by atoms with E-state index in [-0.39, 0.29) is 11.9 Å². The summed E-state index contributed by atoms with van der Waals surface area (Å²) in [5, 5.41) is 0.519. The van der Waals surface area contributed by atoms with Gasteiger partial charge in [-0.1, -0.05) is 37.1 Å². The number of rotatable bonds is 2. The molecule has 98 valence electrons. The number of amides is 1. The predicted molar refractivity (Wildman–Crippen MR) is 73.7 cm³/mol. The summed E-state index contributed by atoms with van der Waals surface area (Å²) >= 11 is 6.07. The third kappa shape index (κ3) is 2.68. The van der Waals surface area contributed by atoms with Gasteiger partial charge in [0.05, 0.1) is 10.6 Å².